The van der Waals surface area contributed by atoms with Crippen molar-refractivity contribution in [2.75, 3.05) is 13.1 Å². The quantitative estimate of drug-likeness (QED) is 0.671. The van der Waals surface area contributed by atoms with Crippen molar-refractivity contribution < 1.29 is 4.92 Å². The van der Waals surface area contributed by atoms with E-state index in [1.807, 2.05) is 6.07 Å². The predicted molar refractivity (Wildman–Crippen MR) is 65.6 cm³/mol. The van der Waals surface area contributed by atoms with Crippen molar-refractivity contribution in [3.8, 4) is 0 Å². The summed E-state index contributed by atoms with van der Waals surface area (Å²) in [6.07, 6.45) is 2.24. The van der Waals surface area contributed by atoms with E-state index in [0.717, 1.165) is 31.5 Å². The van der Waals surface area contributed by atoms with Gasteiger partial charge in [-0.2, -0.15) is 0 Å². The van der Waals surface area contributed by atoms with Crippen LogP contribution >= 0.6 is 15.9 Å². The lowest BCUT2D eigenvalue weighted by molar-refractivity contribution is -0.385. The lowest BCUT2D eigenvalue weighted by Gasteiger charge is -2.22. The van der Waals surface area contributed by atoms with Gasteiger partial charge < -0.3 is 5.32 Å². The van der Waals surface area contributed by atoms with E-state index in [2.05, 4.69) is 21.2 Å². The van der Waals surface area contributed by atoms with Gasteiger partial charge in [-0.3, -0.25) is 10.1 Å². The molecule has 0 spiro atoms. The normalized spacial score (nSPS) is 20.7. The minimum atomic E-state index is -0.343. The lowest BCUT2D eigenvalue weighted by Crippen LogP contribution is -2.28. The van der Waals surface area contributed by atoms with Crippen LogP contribution in [0, 0.1) is 10.1 Å². The maximum absolute atomic E-state index is 10.8. The molecule has 1 aromatic rings. The molecule has 1 unspecified atom stereocenters. The van der Waals surface area contributed by atoms with Crippen molar-refractivity contribution in [3.05, 3.63) is 38.3 Å². The van der Waals surface area contributed by atoms with E-state index in [0.29, 0.717) is 10.4 Å². The molecule has 1 atom stereocenters. The number of benzene rings is 1. The predicted octanol–water partition coefficient (Wildman–Crippen LogP) is 2.82. The van der Waals surface area contributed by atoms with Crippen LogP contribution in [0.4, 0.5) is 5.69 Å². The first-order valence-electron chi connectivity index (χ1n) is 5.33. The van der Waals surface area contributed by atoms with Crippen LogP contribution < -0.4 is 5.32 Å². The number of hydrogen-bond donors (Lipinski definition) is 1. The van der Waals surface area contributed by atoms with Gasteiger partial charge in [0.05, 0.1) is 9.40 Å². The minimum Gasteiger partial charge on any atom is -0.316 e. The smallest absolute Gasteiger partial charge is 0.283 e. The maximum Gasteiger partial charge on any atom is 0.283 e. The molecule has 0 aromatic heterocycles. The number of hydrogen-bond acceptors (Lipinski definition) is 3. The first-order chi connectivity index (χ1) is 7.68. The molecule has 4 nitrogen and oxygen atoms in total. The van der Waals surface area contributed by atoms with Crippen molar-refractivity contribution in [3.63, 3.8) is 0 Å². The van der Waals surface area contributed by atoms with Gasteiger partial charge in [0.15, 0.2) is 0 Å². The molecule has 1 fully saturated rings. The Morgan fingerprint density at radius 1 is 1.50 bits per heavy atom. The highest BCUT2D eigenvalue weighted by Crippen LogP contribution is 2.31. The Hall–Kier alpha value is -0.940. The van der Waals surface area contributed by atoms with Crippen LogP contribution in [0.1, 0.15) is 24.3 Å². The van der Waals surface area contributed by atoms with Crippen molar-refractivity contribution >= 4 is 21.6 Å². The highest BCUT2D eigenvalue weighted by Gasteiger charge is 2.19. The lowest BCUT2D eigenvalue weighted by atomic mass is 9.91. The van der Waals surface area contributed by atoms with Crippen LogP contribution in [0.2, 0.25) is 0 Å². The summed E-state index contributed by atoms with van der Waals surface area (Å²) in [4.78, 5) is 10.5. The minimum absolute atomic E-state index is 0.156. The summed E-state index contributed by atoms with van der Waals surface area (Å²) in [7, 11) is 0. The number of nitro groups is 1. The number of nitro benzene ring substituents is 1. The van der Waals surface area contributed by atoms with Crippen molar-refractivity contribution in [2.45, 2.75) is 18.8 Å². The van der Waals surface area contributed by atoms with Crippen LogP contribution in [-0.4, -0.2) is 18.0 Å². The summed E-state index contributed by atoms with van der Waals surface area (Å²) in [5.74, 6) is 0.403. The van der Waals surface area contributed by atoms with Gasteiger partial charge >= 0.3 is 0 Å². The second-order valence-corrected chi connectivity index (χ2v) is 4.87. The molecule has 1 heterocycles. The zero-order chi connectivity index (χ0) is 11.5. The standard InChI is InChI=1S/C11H13BrN2O2/c12-10-4-3-8(6-11(10)14(15)16)9-2-1-5-13-7-9/h3-4,6,9,13H,1-2,5,7H2. The molecule has 2 rings (SSSR count). The highest BCUT2D eigenvalue weighted by atomic mass is 79.9. The molecule has 0 saturated carbocycles. The maximum atomic E-state index is 10.8. The largest absolute Gasteiger partial charge is 0.316 e. The average molecular weight is 285 g/mol. The summed E-state index contributed by atoms with van der Waals surface area (Å²) >= 11 is 3.20. The zero-order valence-electron chi connectivity index (χ0n) is 8.78. The van der Waals surface area contributed by atoms with Gasteiger partial charge in [0.2, 0.25) is 0 Å². The van der Waals surface area contributed by atoms with E-state index >= 15 is 0 Å². The number of piperidine rings is 1. The summed E-state index contributed by atoms with van der Waals surface area (Å²) in [6.45, 7) is 1.97. The van der Waals surface area contributed by atoms with E-state index < -0.39 is 0 Å². The van der Waals surface area contributed by atoms with Gasteiger partial charge in [-0.05, 0) is 52.9 Å². The Morgan fingerprint density at radius 2 is 2.31 bits per heavy atom. The van der Waals surface area contributed by atoms with Crippen LogP contribution in [0.3, 0.4) is 0 Å². The fourth-order valence-corrected chi connectivity index (χ4v) is 2.45. The van der Waals surface area contributed by atoms with Gasteiger partial charge in [0.1, 0.15) is 0 Å². The Kier molecular flexibility index (Phi) is 3.56. The van der Waals surface area contributed by atoms with Gasteiger partial charge in [0, 0.05) is 12.6 Å². The van der Waals surface area contributed by atoms with Crippen molar-refractivity contribution in [1.82, 2.24) is 5.32 Å². The van der Waals surface area contributed by atoms with Gasteiger partial charge in [-0.25, -0.2) is 0 Å². The van der Waals surface area contributed by atoms with Crippen molar-refractivity contribution in [1.29, 1.82) is 0 Å². The Morgan fingerprint density at radius 3 is 2.94 bits per heavy atom. The van der Waals surface area contributed by atoms with Crippen LogP contribution in [0.5, 0.6) is 0 Å². The molecular weight excluding hydrogens is 272 g/mol. The molecule has 0 aliphatic carbocycles. The Labute approximate surface area is 102 Å². The zero-order valence-corrected chi connectivity index (χ0v) is 10.4. The molecule has 16 heavy (non-hydrogen) atoms. The monoisotopic (exact) mass is 284 g/mol. The third-order valence-electron chi connectivity index (χ3n) is 2.94. The number of rotatable bonds is 2. The van der Waals surface area contributed by atoms with E-state index in [1.165, 1.54) is 0 Å². The number of nitrogens with zero attached hydrogens (tertiary/aromatic N) is 1. The van der Waals surface area contributed by atoms with E-state index in [9.17, 15) is 10.1 Å². The average Bonchev–Trinajstić information content (AvgIpc) is 2.30. The Balaban J connectivity index is 2.27. The third-order valence-corrected chi connectivity index (χ3v) is 3.61. The van der Waals surface area contributed by atoms with E-state index in [1.54, 1.807) is 12.1 Å². The summed E-state index contributed by atoms with van der Waals surface area (Å²) in [5.41, 5.74) is 1.21. The molecule has 5 heteroatoms. The second kappa shape index (κ2) is 4.93. The molecule has 1 aliphatic rings. The molecule has 1 N–H and O–H groups in total. The fraction of sp³-hybridized carbons (Fsp3) is 0.455. The van der Waals surface area contributed by atoms with E-state index in [-0.39, 0.29) is 10.6 Å². The SMILES string of the molecule is O=[N+]([O-])c1cc(C2CCCNC2)ccc1Br. The van der Waals surface area contributed by atoms with Gasteiger partial charge in [0.25, 0.3) is 5.69 Å². The van der Waals surface area contributed by atoms with Gasteiger partial charge in [-0.1, -0.05) is 6.07 Å². The first kappa shape index (κ1) is 11.5. The second-order valence-electron chi connectivity index (χ2n) is 4.01. The molecule has 1 saturated heterocycles. The molecule has 0 bridgehead atoms. The number of halogens is 1. The summed E-state index contributed by atoms with van der Waals surface area (Å²) in [6, 6.07) is 5.42. The molecule has 0 amide bonds. The van der Waals surface area contributed by atoms with Gasteiger partial charge in [-0.15, -0.1) is 0 Å². The highest BCUT2D eigenvalue weighted by molar-refractivity contribution is 9.10. The van der Waals surface area contributed by atoms with Crippen molar-refractivity contribution in [2.24, 2.45) is 0 Å². The molecule has 1 aliphatic heterocycles. The topological polar surface area (TPSA) is 55.2 Å². The fourth-order valence-electron chi connectivity index (χ4n) is 2.06. The Bertz CT molecular complexity index is 403. The molecule has 1 aromatic carbocycles. The summed E-state index contributed by atoms with van der Waals surface area (Å²) in [5, 5.41) is 14.1. The van der Waals surface area contributed by atoms with Crippen LogP contribution in [0.15, 0.2) is 22.7 Å². The summed E-state index contributed by atoms with van der Waals surface area (Å²) < 4.78 is 0.546. The van der Waals surface area contributed by atoms with Crippen LogP contribution in [-0.2, 0) is 0 Å². The third kappa shape index (κ3) is 2.41. The first-order valence-corrected chi connectivity index (χ1v) is 6.12. The molecule has 86 valence electrons. The molecule has 0 radical (unpaired) electrons. The van der Waals surface area contributed by atoms with E-state index in [4.69, 9.17) is 0 Å². The molecular formula is C11H13BrN2O2. The van der Waals surface area contributed by atoms with Crippen LogP contribution in [0.25, 0.3) is 0 Å². The number of nitrogens with one attached hydrogen (secondary N) is 1.